The zero-order valence-electron chi connectivity index (χ0n) is 14.0. The normalized spacial score (nSPS) is 15.2. The van der Waals surface area contributed by atoms with Crippen LogP contribution in [0.2, 0.25) is 0 Å². The number of benzene rings is 1. The van der Waals surface area contributed by atoms with E-state index >= 15 is 0 Å². The van der Waals surface area contributed by atoms with Crippen molar-refractivity contribution < 1.29 is 19.0 Å². The molecule has 1 aromatic rings. The number of morpholine rings is 1. The van der Waals surface area contributed by atoms with Crippen molar-refractivity contribution in [3.63, 3.8) is 0 Å². The van der Waals surface area contributed by atoms with E-state index in [1.807, 2.05) is 6.92 Å². The zero-order chi connectivity index (χ0) is 16.5. The highest BCUT2D eigenvalue weighted by molar-refractivity contribution is 5.94. The second-order valence-electron chi connectivity index (χ2n) is 5.36. The summed E-state index contributed by atoms with van der Waals surface area (Å²) in [7, 11) is 1.59. The van der Waals surface area contributed by atoms with Crippen LogP contribution in [0.15, 0.2) is 18.2 Å². The van der Waals surface area contributed by atoms with Gasteiger partial charge in [0.25, 0.3) is 5.91 Å². The highest BCUT2D eigenvalue weighted by Crippen LogP contribution is 2.27. The predicted octanol–water partition coefficient (Wildman–Crippen LogP) is 1.55. The van der Waals surface area contributed by atoms with Gasteiger partial charge in [0.05, 0.1) is 26.9 Å². The maximum absolute atomic E-state index is 12.2. The van der Waals surface area contributed by atoms with Gasteiger partial charge in [0.1, 0.15) is 0 Å². The number of amides is 1. The van der Waals surface area contributed by atoms with Crippen LogP contribution in [-0.4, -0.2) is 63.9 Å². The molecule has 1 N–H and O–H groups in total. The third kappa shape index (κ3) is 5.41. The van der Waals surface area contributed by atoms with E-state index in [-0.39, 0.29) is 5.91 Å². The second kappa shape index (κ2) is 9.37. The van der Waals surface area contributed by atoms with Crippen LogP contribution in [-0.2, 0) is 4.74 Å². The number of nitrogens with one attached hydrogen (secondary N) is 1. The molecule has 0 aliphatic carbocycles. The average molecular weight is 322 g/mol. The van der Waals surface area contributed by atoms with Gasteiger partial charge in [0, 0.05) is 25.2 Å². The molecular formula is C17H26N2O4. The summed E-state index contributed by atoms with van der Waals surface area (Å²) >= 11 is 0. The Labute approximate surface area is 137 Å². The van der Waals surface area contributed by atoms with E-state index < -0.39 is 0 Å². The topological polar surface area (TPSA) is 60.0 Å². The summed E-state index contributed by atoms with van der Waals surface area (Å²) in [5.41, 5.74) is 0.584. The monoisotopic (exact) mass is 322 g/mol. The Morgan fingerprint density at radius 1 is 1.30 bits per heavy atom. The van der Waals surface area contributed by atoms with Gasteiger partial charge >= 0.3 is 0 Å². The number of ether oxygens (including phenoxy) is 3. The number of hydrogen-bond donors (Lipinski definition) is 1. The molecular weight excluding hydrogens is 296 g/mol. The van der Waals surface area contributed by atoms with Crippen molar-refractivity contribution in [2.45, 2.75) is 13.3 Å². The molecule has 0 bridgehead atoms. The second-order valence-corrected chi connectivity index (χ2v) is 5.36. The van der Waals surface area contributed by atoms with Crippen molar-refractivity contribution in [3.05, 3.63) is 23.8 Å². The van der Waals surface area contributed by atoms with Gasteiger partial charge in [-0.25, -0.2) is 0 Å². The third-order valence-corrected chi connectivity index (χ3v) is 3.77. The number of carbonyl (C=O) groups is 1. The molecule has 0 aromatic heterocycles. The Morgan fingerprint density at radius 3 is 2.78 bits per heavy atom. The lowest BCUT2D eigenvalue weighted by atomic mass is 10.2. The van der Waals surface area contributed by atoms with Crippen LogP contribution >= 0.6 is 0 Å². The first-order valence-electron chi connectivity index (χ1n) is 8.13. The summed E-state index contributed by atoms with van der Waals surface area (Å²) in [5.74, 6) is 1.14. The van der Waals surface area contributed by atoms with Gasteiger partial charge in [-0.05, 0) is 38.1 Å². The molecule has 128 valence electrons. The molecule has 23 heavy (non-hydrogen) atoms. The van der Waals surface area contributed by atoms with Gasteiger partial charge in [-0.3, -0.25) is 9.69 Å². The maximum Gasteiger partial charge on any atom is 0.251 e. The minimum atomic E-state index is -0.0874. The van der Waals surface area contributed by atoms with Gasteiger partial charge in [0.2, 0.25) is 0 Å². The molecule has 0 unspecified atom stereocenters. The largest absolute Gasteiger partial charge is 0.493 e. The van der Waals surface area contributed by atoms with Crippen LogP contribution in [0, 0.1) is 0 Å². The number of methoxy groups -OCH3 is 1. The minimum Gasteiger partial charge on any atom is -0.493 e. The SMILES string of the molecule is CCOc1cc(C(=O)NCCCN2CCOCC2)ccc1OC. The van der Waals surface area contributed by atoms with Crippen molar-refractivity contribution in [2.75, 3.05) is 53.1 Å². The van der Waals surface area contributed by atoms with Crippen molar-refractivity contribution in [2.24, 2.45) is 0 Å². The fourth-order valence-corrected chi connectivity index (χ4v) is 2.52. The number of hydrogen-bond acceptors (Lipinski definition) is 5. The summed E-state index contributed by atoms with van der Waals surface area (Å²) in [6.07, 6.45) is 0.931. The van der Waals surface area contributed by atoms with Gasteiger partial charge < -0.3 is 19.5 Å². The lowest BCUT2D eigenvalue weighted by Crippen LogP contribution is -2.38. The third-order valence-electron chi connectivity index (χ3n) is 3.77. The molecule has 1 heterocycles. The summed E-state index contributed by atoms with van der Waals surface area (Å²) in [4.78, 5) is 14.6. The molecule has 0 atom stereocenters. The first-order valence-corrected chi connectivity index (χ1v) is 8.13. The van der Waals surface area contributed by atoms with E-state index in [1.54, 1.807) is 25.3 Å². The molecule has 1 aromatic carbocycles. The maximum atomic E-state index is 12.2. The van der Waals surface area contributed by atoms with Crippen LogP contribution in [0.4, 0.5) is 0 Å². The Morgan fingerprint density at radius 2 is 2.09 bits per heavy atom. The fourth-order valence-electron chi connectivity index (χ4n) is 2.52. The number of carbonyl (C=O) groups excluding carboxylic acids is 1. The summed E-state index contributed by atoms with van der Waals surface area (Å²) in [6.45, 7) is 7.63. The van der Waals surface area contributed by atoms with Crippen LogP contribution < -0.4 is 14.8 Å². The highest BCUT2D eigenvalue weighted by atomic mass is 16.5. The fraction of sp³-hybridized carbons (Fsp3) is 0.588. The number of nitrogens with zero attached hydrogens (tertiary/aromatic N) is 1. The molecule has 1 aliphatic heterocycles. The molecule has 0 radical (unpaired) electrons. The smallest absolute Gasteiger partial charge is 0.251 e. The first-order chi connectivity index (χ1) is 11.2. The van der Waals surface area contributed by atoms with E-state index in [2.05, 4.69) is 10.2 Å². The molecule has 2 rings (SSSR count). The van der Waals surface area contributed by atoms with Crippen molar-refractivity contribution in [1.29, 1.82) is 0 Å². The standard InChI is InChI=1S/C17H26N2O4/c1-3-23-16-13-14(5-6-15(16)21-2)17(20)18-7-4-8-19-9-11-22-12-10-19/h5-6,13H,3-4,7-12H2,1-2H3,(H,18,20). The van der Waals surface area contributed by atoms with Gasteiger partial charge in [-0.1, -0.05) is 0 Å². The van der Waals surface area contributed by atoms with E-state index in [4.69, 9.17) is 14.2 Å². The molecule has 6 nitrogen and oxygen atoms in total. The van der Waals surface area contributed by atoms with Crippen molar-refractivity contribution >= 4 is 5.91 Å². The molecule has 0 saturated carbocycles. The van der Waals surface area contributed by atoms with Crippen molar-refractivity contribution in [3.8, 4) is 11.5 Å². The molecule has 1 saturated heterocycles. The zero-order valence-corrected chi connectivity index (χ0v) is 14.0. The van der Waals surface area contributed by atoms with E-state index in [0.717, 1.165) is 39.3 Å². The molecule has 1 fully saturated rings. The summed E-state index contributed by atoms with van der Waals surface area (Å²) < 4.78 is 16.0. The van der Waals surface area contributed by atoms with Gasteiger partial charge in [-0.15, -0.1) is 0 Å². The summed E-state index contributed by atoms with van der Waals surface area (Å²) in [5, 5.41) is 2.95. The quantitative estimate of drug-likeness (QED) is 0.736. The Kier molecular flexibility index (Phi) is 7.16. The molecule has 6 heteroatoms. The first kappa shape index (κ1) is 17.6. The van der Waals surface area contributed by atoms with Crippen LogP contribution in [0.5, 0.6) is 11.5 Å². The highest BCUT2D eigenvalue weighted by Gasteiger charge is 2.12. The Hall–Kier alpha value is -1.79. The predicted molar refractivity (Wildman–Crippen MR) is 88.4 cm³/mol. The van der Waals surface area contributed by atoms with E-state index in [0.29, 0.717) is 30.2 Å². The van der Waals surface area contributed by atoms with E-state index in [1.165, 1.54) is 0 Å². The lowest BCUT2D eigenvalue weighted by molar-refractivity contribution is 0.0374. The van der Waals surface area contributed by atoms with E-state index in [9.17, 15) is 4.79 Å². The Bertz CT molecular complexity index is 501. The molecule has 1 amide bonds. The van der Waals surface area contributed by atoms with Crippen molar-refractivity contribution in [1.82, 2.24) is 10.2 Å². The molecule has 0 spiro atoms. The summed E-state index contributed by atoms with van der Waals surface area (Å²) in [6, 6.07) is 5.23. The average Bonchev–Trinajstić information content (AvgIpc) is 2.59. The van der Waals surface area contributed by atoms with Gasteiger partial charge in [0.15, 0.2) is 11.5 Å². The van der Waals surface area contributed by atoms with Gasteiger partial charge in [-0.2, -0.15) is 0 Å². The van der Waals surface area contributed by atoms with Crippen LogP contribution in [0.25, 0.3) is 0 Å². The van der Waals surface area contributed by atoms with Crippen LogP contribution in [0.1, 0.15) is 23.7 Å². The minimum absolute atomic E-state index is 0.0874. The lowest BCUT2D eigenvalue weighted by Gasteiger charge is -2.26. The molecule has 1 aliphatic rings. The van der Waals surface area contributed by atoms with Crippen LogP contribution in [0.3, 0.4) is 0 Å². The Balaban J connectivity index is 1.79. The number of rotatable bonds is 8.